The summed E-state index contributed by atoms with van der Waals surface area (Å²) in [6, 6.07) is 0. The monoisotopic (exact) mass is 221 g/mol. The van der Waals surface area contributed by atoms with Crippen LogP contribution < -0.4 is 9.41 Å². The Morgan fingerprint density at radius 2 is 1.80 bits per heavy atom. The largest absolute Gasteiger partial charge is 1.00 e. The maximum absolute atomic E-state index is 2.28. The molecule has 1 aliphatic carbocycles. The van der Waals surface area contributed by atoms with Crippen LogP contribution in [0.2, 0.25) is 0 Å². The summed E-state index contributed by atoms with van der Waals surface area (Å²) in [6.45, 7) is 4.39. The summed E-state index contributed by atoms with van der Waals surface area (Å²) in [5.41, 5.74) is 3.02. The summed E-state index contributed by atoms with van der Waals surface area (Å²) in [7, 11) is 0. The zero-order chi connectivity index (χ0) is 6.15. The van der Waals surface area contributed by atoms with Crippen molar-refractivity contribution in [3.63, 3.8) is 0 Å². The van der Waals surface area contributed by atoms with Gasteiger partial charge in [0.15, 0.2) is 0 Å². The molecule has 0 aromatic carbocycles. The molecule has 0 aromatic rings. The molecule has 0 saturated carbocycles. The van der Waals surface area contributed by atoms with E-state index in [0.29, 0.717) is 0 Å². The van der Waals surface area contributed by atoms with Crippen LogP contribution in [0.5, 0.6) is 0 Å². The molecule has 0 unspecified atom stereocenters. The minimum Gasteiger partial charge on any atom is -1.00 e. The van der Waals surface area contributed by atoms with Crippen LogP contribution >= 0.6 is 0 Å². The van der Waals surface area contributed by atoms with Gasteiger partial charge in [-0.3, -0.25) is 0 Å². The van der Waals surface area contributed by atoms with Crippen LogP contribution in [0.25, 0.3) is 0 Å². The van der Waals surface area contributed by atoms with Crippen LogP contribution in [0.15, 0.2) is 20.5 Å². The molecule has 10 heavy (non-hydrogen) atoms. The van der Waals surface area contributed by atoms with E-state index in [0.717, 1.165) is 0 Å². The van der Waals surface area contributed by atoms with Gasteiger partial charge in [0, 0.05) is 0 Å². The first-order valence-corrected chi connectivity index (χ1v) is 4.01. The minimum atomic E-state index is 0. The molecule has 0 fully saturated rings. The van der Waals surface area contributed by atoms with E-state index in [1.54, 1.807) is 28.0 Å². The molecule has 0 amide bonds. The van der Waals surface area contributed by atoms with E-state index in [1.807, 2.05) is 0 Å². The third-order valence-electron chi connectivity index (χ3n) is 1.39. The van der Waals surface area contributed by atoms with E-state index >= 15 is 0 Å². The smallest absolute Gasteiger partial charge is 1.00 e. The van der Waals surface area contributed by atoms with Gasteiger partial charge >= 0.3 is 65.5 Å². The van der Waals surface area contributed by atoms with Gasteiger partial charge in [0.2, 0.25) is 0 Å². The zero-order valence-corrected chi connectivity index (χ0v) is 8.50. The SMILES string of the molecule is CC1=CC(C)=[C]([Zr+2])C1.[F-].[F-]. The van der Waals surface area contributed by atoms with Gasteiger partial charge in [-0.05, 0) is 0 Å². The molecule has 1 rings (SSSR count). The Labute approximate surface area is 75.0 Å². The number of hydrogen-bond acceptors (Lipinski definition) is 0. The second-order valence-electron chi connectivity index (χ2n) is 2.33. The standard InChI is InChI=1S/C7H9.2FH.Zr/c1-6-3-4-7(2)5-6;;;/h5H,3H2,1-2H3;2*1H;/q;;;+2/p-2. The fraction of sp³-hybridized carbons (Fsp3) is 0.429. The normalized spacial score (nSPS) is 15.8. The van der Waals surface area contributed by atoms with E-state index in [9.17, 15) is 0 Å². The molecule has 0 saturated heterocycles. The van der Waals surface area contributed by atoms with Gasteiger partial charge in [-0.25, -0.2) is 0 Å². The maximum atomic E-state index is 2.28. The Bertz CT molecular complexity index is 170. The predicted molar refractivity (Wildman–Crippen MR) is 31.1 cm³/mol. The van der Waals surface area contributed by atoms with Gasteiger partial charge in [0.25, 0.3) is 0 Å². The molecule has 0 spiro atoms. The first kappa shape index (κ1) is 12.9. The maximum Gasteiger partial charge on any atom is -1.00 e. The van der Waals surface area contributed by atoms with E-state index < -0.39 is 0 Å². The molecule has 0 N–H and O–H groups in total. The molecule has 0 heterocycles. The number of rotatable bonds is 0. The van der Waals surface area contributed by atoms with E-state index in [4.69, 9.17) is 0 Å². The molecule has 55 valence electrons. The zero-order valence-electron chi connectivity index (χ0n) is 6.04. The van der Waals surface area contributed by atoms with Crippen LogP contribution in [0, 0.1) is 0 Å². The second-order valence-corrected chi connectivity index (χ2v) is 3.81. The van der Waals surface area contributed by atoms with Crippen molar-refractivity contribution in [2.75, 3.05) is 0 Å². The van der Waals surface area contributed by atoms with Crippen molar-refractivity contribution in [1.82, 2.24) is 0 Å². The van der Waals surface area contributed by atoms with Crippen LogP contribution in [0.4, 0.5) is 0 Å². The summed E-state index contributed by atoms with van der Waals surface area (Å²) in [4.78, 5) is 0. The number of halogens is 2. The average molecular weight is 222 g/mol. The summed E-state index contributed by atoms with van der Waals surface area (Å²) in [6.07, 6.45) is 3.52. The summed E-state index contributed by atoms with van der Waals surface area (Å²) >= 11 is 1.58. The molecule has 0 aromatic heterocycles. The minimum absolute atomic E-state index is 0. The predicted octanol–water partition coefficient (Wildman–Crippen LogP) is -3.83. The number of hydrogen-bond donors (Lipinski definition) is 0. The summed E-state index contributed by atoms with van der Waals surface area (Å²) < 4.78 is 1.62. The molecule has 0 nitrogen and oxygen atoms in total. The van der Waals surface area contributed by atoms with Crippen molar-refractivity contribution in [2.24, 2.45) is 0 Å². The van der Waals surface area contributed by atoms with Gasteiger partial charge in [0.05, 0.1) is 0 Å². The number of allylic oxidation sites excluding steroid dienone is 4. The van der Waals surface area contributed by atoms with Crippen molar-refractivity contribution >= 4 is 0 Å². The van der Waals surface area contributed by atoms with Gasteiger partial charge in [-0.1, -0.05) is 0 Å². The van der Waals surface area contributed by atoms with E-state index in [2.05, 4.69) is 19.9 Å². The van der Waals surface area contributed by atoms with Gasteiger partial charge < -0.3 is 9.41 Å². The molecule has 0 aliphatic heterocycles. The quantitative estimate of drug-likeness (QED) is 0.394. The Balaban J connectivity index is 0. The molecule has 0 atom stereocenters. The van der Waals surface area contributed by atoms with Crippen molar-refractivity contribution in [3.8, 4) is 0 Å². The molecular formula is C7H9F2Zr. The molecule has 0 radical (unpaired) electrons. The fourth-order valence-corrected chi connectivity index (χ4v) is 1.79. The van der Waals surface area contributed by atoms with Crippen molar-refractivity contribution < 1.29 is 34.1 Å². The van der Waals surface area contributed by atoms with Crippen LogP contribution in [0.1, 0.15) is 20.3 Å². The second kappa shape index (κ2) is 4.95. The molecular weight excluding hydrogens is 213 g/mol. The Kier molecular flexibility index (Phi) is 6.37. The van der Waals surface area contributed by atoms with Gasteiger partial charge in [-0.15, -0.1) is 0 Å². The Hall–Kier alpha value is 0.223. The van der Waals surface area contributed by atoms with Crippen LogP contribution in [-0.4, -0.2) is 0 Å². The van der Waals surface area contributed by atoms with Crippen LogP contribution in [-0.2, 0) is 24.7 Å². The third kappa shape index (κ3) is 2.87. The topological polar surface area (TPSA) is 0 Å². The molecule has 1 aliphatic rings. The van der Waals surface area contributed by atoms with Crippen molar-refractivity contribution in [1.29, 1.82) is 0 Å². The fourth-order valence-electron chi connectivity index (χ4n) is 0.926. The Morgan fingerprint density at radius 3 is 1.90 bits per heavy atom. The van der Waals surface area contributed by atoms with Gasteiger partial charge in [0.1, 0.15) is 0 Å². The van der Waals surface area contributed by atoms with Crippen molar-refractivity contribution in [3.05, 3.63) is 20.5 Å². The first-order chi connectivity index (χ1) is 3.70. The molecule has 3 heteroatoms. The Morgan fingerprint density at radius 1 is 1.30 bits per heavy atom. The first-order valence-electron chi connectivity index (χ1n) is 2.78. The molecule has 0 bridgehead atoms. The van der Waals surface area contributed by atoms with E-state index in [1.165, 1.54) is 17.6 Å². The van der Waals surface area contributed by atoms with Gasteiger partial charge in [-0.2, -0.15) is 0 Å². The van der Waals surface area contributed by atoms with E-state index in [-0.39, 0.29) is 9.41 Å². The van der Waals surface area contributed by atoms with Crippen LogP contribution in [0.3, 0.4) is 0 Å². The van der Waals surface area contributed by atoms with Crippen molar-refractivity contribution in [2.45, 2.75) is 20.3 Å². The summed E-state index contributed by atoms with van der Waals surface area (Å²) in [5, 5.41) is 0. The average Bonchev–Trinajstić information content (AvgIpc) is 1.85. The summed E-state index contributed by atoms with van der Waals surface area (Å²) in [5.74, 6) is 0. The third-order valence-corrected chi connectivity index (χ3v) is 2.80.